The molecule has 1 aliphatic rings. The number of amides is 2. The van der Waals surface area contributed by atoms with Crippen LogP contribution in [0.2, 0.25) is 0 Å². The van der Waals surface area contributed by atoms with Gasteiger partial charge in [0.25, 0.3) is 0 Å². The fourth-order valence-electron chi connectivity index (χ4n) is 3.51. The molecular weight excluding hydrogens is 368 g/mol. The van der Waals surface area contributed by atoms with Crippen LogP contribution in [0, 0.1) is 0 Å². The third kappa shape index (κ3) is 5.28. The maximum Gasteiger partial charge on any atom is 0.411 e. The highest BCUT2D eigenvalue weighted by molar-refractivity contribution is 5.85. The van der Waals surface area contributed by atoms with Crippen LogP contribution >= 0.6 is 0 Å². The monoisotopic (exact) mass is 396 g/mol. The molecule has 2 atom stereocenters. The fourth-order valence-corrected chi connectivity index (χ4v) is 3.51. The van der Waals surface area contributed by atoms with Crippen molar-refractivity contribution < 1.29 is 19.1 Å². The molecule has 0 spiro atoms. The molecule has 0 bridgehead atoms. The van der Waals surface area contributed by atoms with E-state index in [0.29, 0.717) is 19.4 Å². The van der Waals surface area contributed by atoms with Crippen molar-refractivity contribution in [1.29, 1.82) is 0 Å². The second-order valence-electron chi connectivity index (χ2n) is 8.24. The normalized spacial score (nSPS) is 19.1. The molecule has 1 heterocycles. The zero-order valence-electron chi connectivity index (χ0n) is 17.1. The summed E-state index contributed by atoms with van der Waals surface area (Å²) in [5.41, 5.74) is 6.90. The van der Waals surface area contributed by atoms with Crippen molar-refractivity contribution in [3.05, 3.63) is 65.7 Å². The Labute approximate surface area is 171 Å². The molecular formula is C23H28N2O4. The molecule has 6 heteroatoms. The van der Waals surface area contributed by atoms with Crippen LogP contribution in [-0.4, -0.2) is 28.5 Å². The van der Waals surface area contributed by atoms with Gasteiger partial charge in [0.05, 0.1) is 6.04 Å². The molecule has 0 aliphatic carbocycles. The van der Waals surface area contributed by atoms with E-state index in [9.17, 15) is 9.59 Å². The van der Waals surface area contributed by atoms with Gasteiger partial charge in [0.1, 0.15) is 24.0 Å². The van der Waals surface area contributed by atoms with Gasteiger partial charge in [-0.3, -0.25) is 9.69 Å². The summed E-state index contributed by atoms with van der Waals surface area (Å²) in [6.07, 6.45) is 0.649. The number of carbonyl (C=O) groups excluding carboxylic acids is 2. The maximum atomic E-state index is 12.8. The van der Waals surface area contributed by atoms with Crippen molar-refractivity contribution in [1.82, 2.24) is 4.90 Å². The number of benzene rings is 2. The molecule has 0 aromatic heterocycles. The van der Waals surface area contributed by atoms with Gasteiger partial charge < -0.3 is 15.2 Å². The van der Waals surface area contributed by atoms with Crippen molar-refractivity contribution in [3.8, 4) is 5.75 Å². The first-order valence-electron chi connectivity index (χ1n) is 9.82. The Morgan fingerprint density at radius 2 is 1.69 bits per heavy atom. The SMILES string of the molecule is CC(C)(C)OC(=O)N1C(C(N)=O)CCC1c1ccc(OCc2ccccc2)cc1. The average molecular weight is 396 g/mol. The molecule has 6 nitrogen and oxygen atoms in total. The number of likely N-dealkylation sites (tertiary alicyclic amines) is 1. The molecule has 3 rings (SSSR count). The van der Waals surface area contributed by atoms with Crippen LogP contribution in [-0.2, 0) is 16.1 Å². The predicted molar refractivity (Wildman–Crippen MR) is 110 cm³/mol. The van der Waals surface area contributed by atoms with E-state index in [1.165, 1.54) is 4.90 Å². The number of nitrogens with zero attached hydrogens (tertiary/aromatic N) is 1. The Morgan fingerprint density at radius 1 is 1.03 bits per heavy atom. The van der Waals surface area contributed by atoms with Crippen molar-refractivity contribution >= 4 is 12.0 Å². The third-order valence-corrected chi connectivity index (χ3v) is 4.83. The highest BCUT2D eigenvalue weighted by Crippen LogP contribution is 2.37. The van der Waals surface area contributed by atoms with Gasteiger partial charge in [-0.2, -0.15) is 0 Å². The first kappa shape index (κ1) is 20.7. The highest BCUT2D eigenvalue weighted by atomic mass is 16.6. The third-order valence-electron chi connectivity index (χ3n) is 4.83. The molecule has 2 amide bonds. The number of hydrogen-bond acceptors (Lipinski definition) is 4. The van der Waals surface area contributed by atoms with Crippen molar-refractivity contribution in [2.24, 2.45) is 5.73 Å². The number of nitrogens with two attached hydrogens (primary N) is 1. The lowest BCUT2D eigenvalue weighted by molar-refractivity contribution is -0.122. The van der Waals surface area contributed by atoms with Gasteiger partial charge in [-0.25, -0.2) is 4.79 Å². The standard InChI is InChI=1S/C23H28N2O4/c1-23(2,3)29-22(27)25-19(13-14-20(25)21(24)26)17-9-11-18(12-10-17)28-15-16-7-5-4-6-8-16/h4-12,19-20H,13-15H2,1-3H3,(H2,24,26). The van der Waals surface area contributed by atoms with Crippen molar-refractivity contribution in [3.63, 3.8) is 0 Å². The molecule has 1 aliphatic heterocycles. The first-order chi connectivity index (χ1) is 13.7. The van der Waals surface area contributed by atoms with E-state index in [2.05, 4.69) is 0 Å². The first-order valence-corrected chi connectivity index (χ1v) is 9.82. The number of rotatable bonds is 5. The Kier molecular flexibility index (Phi) is 6.11. The molecule has 0 radical (unpaired) electrons. The molecule has 2 N–H and O–H groups in total. The van der Waals surface area contributed by atoms with Crippen LogP contribution in [0.1, 0.15) is 50.8 Å². The Morgan fingerprint density at radius 3 is 2.28 bits per heavy atom. The van der Waals surface area contributed by atoms with Crippen LogP contribution in [0.25, 0.3) is 0 Å². The summed E-state index contributed by atoms with van der Waals surface area (Å²) in [6, 6.07) is 16.6. The van der Waals surface area contributed by atoms with Gasteiger partial charge in [0, 0.05) is 0 Å². The van der Waals surface area contributed by atoms with E-state index < -0.39 is 23.6 Å². The topological polar surface area (TPSA) is 81.9 Å². The Bertz CT molecular complexity index is 843. The summed E-state index contributed by atoms with van der Waals surface area (Å²) in [6.45, 7) is 5.88. The van der Waals surface area contributed by atoms with Gasteiger partial charge in [-0.05, 0) is 56.9 Å². The van der Waals surface area contributed by atoms with Crippen LogP contribution in [0.5, 0.6) is 5.75 Å². The summed E-state index contributed by atoms with van der Waals surface area (Å²) in [7, 11) is 0. The predicted octanol–water partition coefficient (Wildman–Crippen LogP) is 4.19. The quantitative estimate of drug-likeness (QED) is 0.821. The van der Waals surface area contributed by atoms with Gasteiger partial charge >= 0.3 is 6.09 Å². The smallest absolute Gasteiger partial charge is 0.411 e. The lowest BCUT2D eigenvalue weighted by atomic mass is 10.0. The van der Waals surface area contributed by atoms with Gasteiger partial charge in [-0.1, -0.05) is 42.5 Å². The van der Waals surface area contributed by atoms with Crippen LogP contribution in [0.3, 0.4) is 0 Å². The maximum absolute atomic E-state index is 12.8. The summed E-state index contributed by atoms with van der Waals surface area (Å²) < 4.78 is 11.3. The largest absolute Gasteiger partial charge is 0.489 e. The van der Waals surface area contributed by atoms with E-state index in [1.807, 2.05) is 54.6 Å². The average Bonchev–Trinajstić information content (AvgIpc) is 3.12. The summed E-state index contributed by atoms with van der Waals surface area (Å²) in [4.78, 5) is 26.1. The zero-order valence-corrected chi connectivity index (χ0v) is 17.1. The van der Waals surface area contributed by atoms with Crippen molar-refractivity contribution in [2.75, 3.05) is 0 Å². The van der Waals surface area contributed by atoms with Crippen molar-refractivity contribution in [2.45, 2.75) is 57.9 Å². The Balaban J connectivity index is 1.73. The van der Waals surface area contributed by atoms with Gasteiger partial charge in [0.2, 0.25) is 5.91 Å². The molecule has 154 valence electrons. The van der Waals surface area contributed by atoms with E-state index in [-0.39, 0.29) is 6.04 Å². The summed E-state index contributed by atoms with van der Waals surface area (Å²) in [5.74, 6) is 0.229. The molecule has 29 heavy (non-hydrogen) atoms. The van der Waals surface area contributed by atoms with E-state index >= 15 is 0 Å². The lowest BCUT2D eigenvalue weighted by Gasteiger charge is -2.31. The lowest BCUT2D eigenvalue weighted by Crippen LogP contribution is -2.46. The summed E-state index contributed by atoms with van der Waals surface area (Å²) >= 11 is 0. The Hall–Kier alpha value is -3.02. The van der Waals surface area contributed by atoms with Crippen LogP contribution in [0.15, 0.2) is 54.6 Å². The number of carbonyl (C=O) groups is 2. The minimum atomic E-state index is -0.663. The van der Waals surface area contributed by atoms with Gasteiger partial charge in [0.15, 0.2) is 0 Å². The second kappa shape index (κ2) is 8.55. The van der Waals surface area contributed by atoms with E-state index in [1.54, 1.807) is 20.8 Å². The minimum Gasteiger partial charge on any atom is -0.489 e. The minimum absolute atomic E-state index is 0.259. The number of ether oxygens (including phenoxy) is 2. The molecule has 1 fully saturated rings. The van der Waals surface area contributed by atoms with Crippen LogP contribution in [0.4, 0.5) is 4.79 Å². The van der Waals surface area contributed by atoms with Gasteiger partial charge in [-0.15, -0.1) is 0 Å². The molecule has 2 unspecified atom stereocenters. The number of primary amides is 1. The molecule has 0 saturated carbocycles. The highest BCUT2D eigenvalue weighted by Gasteiger charge is 2.42. The van der Waals surface area contributed by atoms with E-state index in [4.69, 9.17) is 15.2 Å². The van der Waals surface area contributed by atoms with E-state index in [0.717, 1.165) is 16.9 Å². The fraction of sp³-hybridized carbons (Fsp3) is 0.391. The zero-order chi connectivity index (χ0) is 21.0. The molecule has 1 saturated heterocycles. The molecule has 2 aromatic carbocycles. The number of hydrogen-bond donors (Lipinski definition) is 1. The van der Waals surface area contributed by atoms with Crippen LogP contribution < -0.4 is 10.5 Å². The summed E-state index contributed by atoms with van der Waals surface area (Å²) in [5, 5.41) is 0. The second-order valence-corrected chi connectivity index (χ2v) is 8.24. The molecule has 2 aromatic rings.